The first-order valence-corrected chi connectivity index (χ1v) is 8.38. The molecule has 1 aliphatic rings. The van der Waals surface area contributed by atoms with Crippen molar-refractivity contribution in [2.24, 2.45) is 0 Å². The maximum Gasteiger partial charge on any atom is 0.261 e. The summed E-state index contributed by atoms with van der Waals surface area (Å²) in [6.07, 6.45) is 2.17. The fourth-order valence-corrected chi connectivity index (χ4v) is 3.72. The number of benzene rings is 1. The van der Waals surface area contributed by atoms with Crippen LogP contribution in [0, 0.1) is 6.92 Å². The van der Waals surface area contributed by atoms with Gasteiger partial charge in [-0.3, -0.25) is 4.79 Å². The lowest BCUT2D eigenvalue weighted by Crippen LogP contribution is -2.24. The van der Waals surface area contributed by atoms with Gasteiger partial charge >= 0.3 is 0 Å². The number of amides is 1. The Morgan fingerprint density at radius 3 is 2.91 bits per heavy atom. The molecule has 0 atom stereocenters. The van der Waals surface area contributed by atoms with Crippen molar-refractivity contribution in [2.45, 2.75) is 25.8 Å². The highest BCUT2D eigenvalue weighted by Crippen LogP contribution is 2.32. The van der Waals surface area contributed by atoms with Crippen molar-refractivity contribution in [3.8, 4) is 5.69 Å². The minimum absolute atomic E-state index is 0.00816. The van der Waals surface area contributed by atoms with Crippen LogP contribution in [0.3, 0.4) is 0 Å². The van der Waals surface area contributed by atoms with Gasteiger partial charge in [0, 0.05) is 11.4 Å². The quantitative estimate of drug-likeness (QED) is 0.790. The predicted octanol–water partition coefficient (Wildman–Crippen LogP) is 3.94. The number of para-hydroxylation sites is 1. The number of nitrogens with one attached hydrogen (secondary N) is 1. The van der Waals surface area contributed by atoms with Gasteiger partial charge in [-0.05, 0) is 38.0 Å². The smallest absolute Gasteiger partial charge is 0.261 e. The van der Waals surface area contributed by atoms with Crippen LogP contribution in [0.25, 0.3) is 15.9 Å². The Morgan fingerprint density at radius 2 is 2.18 bits per heavy atom. The average molecular weight is 332 g/mol. The van der Waals surface area contributed by atoms with Crippen LogP contribution in [0.1, 0.15) is 28.2 Å². The van der Waals surface area contributed by atoms with Crippen LogP contribution in [0.2, 0.25) is 5.02 Å². The second-order valence-corrected chi connectivity index (χ2v) is 6.96. The van der Waals surface area contributed by atoms with Gasteiger partial charge in [0.2, 0.25) is 0 Å². The van der Waals surface area contributed by atoms with E-state index < -0.39 is 0 Å². The van der Waals surface area contributed by atoms with Crippen LogP contribution < -0.4 is 5.32 Å². The molecule has 2 heterocycles. The van der Waals surface area contributed by atoms with Gasteiger partial charge < -0.3 is 5.32 Å². The Labute approximate surface area is 136 Å². The maximum absolute atomic E-state index is 12.2. The monoisotopic (exact) mass is 331 g/mol. The first-order chi connectivity index (χ1) is 10.6. The van der Waals surface area contributed by atoms with Crippen molar-refractivity contribution >= 4 is 39.1 Å². The Bertz CT molecular complexity index is 879. The minimum Gasteiger partial charge on any atom is -0.349 e. The standard InChI is InChI=1S/C16H14ClN3OS/c1-9-11-8-14(15(21)18-10-6-7-10)22-16(11)20(19-9)13-5-3-2-4-12(13)17/h2-5,8,10H,6-7H2,1H3,(H,18,21). The fourth-order valence-electron chi connectivity index (χ4n) is 2.43. The van der Waals surface area contributed by atoms with Crippen LogP contribution in [0.4, 0.5) is 0 Å². The fraction of sp³-hybridized carbons (Fsp3) is 0.250. The lowest BCUT2D eigenvalue weighted by Gasteiger charge is -2.04. The zero-order chi connectivity index (χ0) is 15.3. The van der Waals surface area contributed by atoms with Crippen molar-refractivity contribution < 1.29 is 4.79 Å². The zero-order valence-electron chi connectivity index (χ0n) is 12.0. The molecule has 1 aromatic carbocycles. The van der Waals surface area contributed by atoms with Gasteiger partial charge in [0.25, 0.3) is 5.91 Å². The average Bonchev–Trinajstić information content (AvgIpc) is 3.11. The van der Waals surface area contributed by atoms with E-state index in [-0.39, 0.29) is 5.91 Å². The molecule has 6 heteroatoms. The number of aryl methyl sites for hydroxylation is 1. The number of aromatic nitrogens is 2. The van der Waals surface area contributed by atoms with E-state index in [4.69, 9.17) is 11.6 Å². The van der Waals surface area contributed by atoms with Gasteiger partial charge in [0.15, 0.2) is 0 Å². The Morgan fingerprint density at radius 1 is 1.41 bits per heavy atom. The number of carbonyl (C=O) groups excluding carboxylic acids is 1. The molecule has 3 aromatic rings. The number of fused-ring (bicyclic) bond motifs is 1. The molecule has 2 aromatic heterocycles. The van der Waals surface area contributed by atoms with Crippen molar-refractivity contribution in [1.82, 2.24) is 15.1 Å². The summed E-state index contributed by atoms with van der Waals surface area (Å²) in [6.45, 7) is 1.95. The normalized spacial score (nSPS) is 14.5. The highest BCUT2D eigenvalue weighted by atomic mass is 35.5. The number of halogens is 1. The van der Waals surface area contributed by atoms with Crippen molar-refractivity contribution in [1.29, 1.82) is 0 Å². The minimum atomic E-state index is 0.00816. The summed E-state index contributed by atoms with van der Waals surface area (Å²) in [5.74, 6) is 0.00816. The number of rotatable bonds is 3. The third kappa shape index (κ3) is 2.30. The van der Waals surface area contributed by atoms with E-state index in [1.807, 2.05) is 41.9 Å². The summed E-state index contributed by atoms with van der Waals surface area (Å²) in [5, 5.41) is 9.24. The van der Waals surface area contributed by atoms with Crippen LogP contribution in [0.15, 0.2) is 30.3 Å². The molecule has 1 N–H and O–H groups in total. The topological polar surface area (TPSA) is 46.9 Å². The first kappa shape index (κ1) is 13.8. The van der Waals surface area contributed by atoms with Gasteiger partial charge in [-0.25, -0.2) is 4.68 Å². The van der Waals surface area contributed by atoms with Gasteiger partial charge in [-0.2, -0.15) is 5.10 Å². The molecule has 4 rings (SSSR count). The van der Waals surface area contributed by atoms with Crippen molar-refractivity contribution in [2.75, 3.05) is 0 Å². The van der Waals surface area contributed by atoms with Crippen molar-refractivity contribution in [3.05, 3.63) is 45.9 Å². The van der Waals surface area contributed by atoms with E-state index in [0.717, 1.165) is 39.3 Å². The number of nitrogens with zero attached hydrogens (tertiary/aromatic N) is 2. The second kappa shape index (κ2) is 5.11. The van der Waals surface area contributed by atoms with Crippen LogP contribution >= 0.6 is 22.9 Å². The summed E-state index contributed by atoms with van der Waals surface area (Å²) >= 11 is 7.74. The third-order valence-corrected chi connectivity index (χ3v) is 5.19. The second-order valence-electron chi connectivity index (χ2n) is 5.53. The Balaban J connectivity index is 1.81. The number of thiophene rings is 1. The number of hydrogen-bond acceptors (Lipinski definition) is 3. The lowest BCUT2D eigenvalue weighted by atomic mass is 10.3. The van der Waals surface area contributed by atoms with E-state index in [1.165, 1.54) is 11.3 Å². The van der Waals surface area contributed by atoms with E-state index in [1.54, 1.807) is 0 Å². The van der Waals surface area contributed by atoms with Gasteiger partial charge in [0.1, 0.15) is 4.83 Å². The van der Waals surface area contributed by atoms with Crippen LogP contribution in [0.5, 0.6) is 0 Å². The molecule has 0 unspecified atom stereocenters. The highest BCUT2D eigenvalue weighted by Gasteiger charge is 2.25. The van der Waals surface area contributed by atoms with Gasteiger partial charge in [0.05, 0.1) is 21.3 Å². The van der Waals surface area contributed by atoms with Crippen molar-refractivity contribution in [3.63, 3.8) is 0 Å². The van der Waals surface area contributed by atoms with E-state index in [0.29, 0.717) is 11.1 Å². The lowest BCUT2D eigenvalue weighted by molar-refractivity contribution is 0.0955. The molecule has 4 nitrogen and oxygen atoms in total. The highest BCUT2D eigenvalue weighted by molar-refractivity contribution is 7.20. The maximum atomic E-state index is 12.2. The third-order valence-electron chi connectivity index (χ3n) is 3.76. The molecule has 1 fully saturated rings. The summed E-state index contributed by atoms with van der Waals surface area (Å²) in [6, 6.07) is 9.87. The summed E-state index contributed by atoms with van der Waals surface area (Å²) < 4.78 is 1.82. The molecule has 1 saturated carbocycles. The molecule has 112 valence electrons. The molecule has 22 heavy (non-hydrogen) atoms. The molecular weight excluding hydrogens is 318 g/mol. The molecule has 0 saturated heterocycles. The number of hydrogen-bond donors (Lipinski definition) is 1. The number of carbonyl (C=O) groups is 1. The van der Waals surface area contributed by atoms with E-state index in [9.17, 15) is 4.79 Å². The summed E-state index contributed by atoms with van der Waals surface area (Å²) in [7, 11) is 0. The van der Waals surface area contributed by atoms with Gasteiger partial charge in [-0.1, -0.05) is 23.7 Å². The summed E-state index contributed by atoms with van der Waals surface area (Å²) in [5.41, 5.74) is 1.73. The van der Waals surface area contributed by atoms with E-state index in [2.05, 4.69) is 10.4 Å². The molecule has 0 aliphatic heterocycles. The molecular formula is C16H14ClN3OS. The molecule has 1 amide bonds. The van der Waals surface area contributed by atoms with E-state index >= 15 is 0 Å². The SMILES string of the molecule is Cc1nn(-c2ccccc2Cl)c2sc(C(=O)NC3CC3)cc12. The Kier molecular flexibility index (Phi) is 3.20. The summed E-state index contributed by atoms with van der Waals surface area (Å²) in [4.78, 5) is 13.9. The van der Waals surface area contributed by atoms with Crippen LogP contribution in [-0.4, -0.2) is 21.7 Å². The predicted molar refractivity (Wildman–Crippen MR) is 89.2 cm³/mol. The molecule has 0 radical (unpaired) electrons. The molecule has 0 bridgehead atoms. The van der Waals surface area contributed by atoms with Crippen LogP contribution in [-0.2, 0) is 0 Å². The molecule has 0 spiro atoms. The first-order valence-electron chi connectivity index (χ1n) is 7.18. The van der Waals surface area contributed by atoms with Gasteiger partial charge in [-0.15, -0.1) is 11.3 Å². The zero-order valence-corrected chi connectivity index (χ0v) is 13.5. The Hall–Kier alpha value is -1.85. The molecule has 1 aliphatic carbocycles. The largest absolute Gasteiger partial charge is 0.349 e.